The van der Waals surface area contributed by atoms with E-state index in [1.807, 2.05) is 6.92 Å². The Hall–Kier alpha value is -1.75. The van der Waals surface area contributed by atoms with Crippen LogP contribution in [0.3, 0.4) is 0 Å². The Morgan fingerprint density at radius 3 is 2.74 bits per heavy atom. The number of β-amino-alcohol motifs (C(OH)–C–C–N with tert-alkyl or cyclic N) is 1. The number of aromatic hydroxyl groups is 1. The first-order valence-electron chi connectivity index (χ1n) is 6.55. The number of aliphatic hydroxyl groups excluding tert-OH is 1. The van der Waals surface area contributed by atoms with Crippen molar-refractivity contribution in [3.8, 4) is 5.75 Å². The standard InChI is InChI=1S/C14H20N2O3/c1-10-6-7-16(9-13(10)18)14(19)15-8-11-2-4-12(17)5-3-11/h2-5,10,13,17-18H,6-9H2,1H3,(H,15,19). The Kier molecular flexibility index (Phi) is 4.27. The van der Waals surface area contributed by atoms with Gasteiger partial charge in [0.2, 0.25) is 0 Å². The van der Waals surface area contributed by atoms with Crippen molar-refractivity contribution in [2.45, 2.75) is 26.0 Å². The van der Waals surface area contributed by atoms with Crippen molar-refractivity contribution >= 4 is 6.03 Å². The number of aliphatic hydroxyl groups is 1. The lowest BCUT2D eigenvalue weighted by molar-refractivity contribution is 0.0435. The highest BCUT2D eigenvalue weighted by Crippen LogP contribution is 2.17. The van der Waals surface area contributed by atoms with Crippen LogP contribution in [0.25, 0.3) is 0 Å². The summed E-state index contributed by atoms with van der Waals surface area (Å²) < 4.78 is 0. The summed E-state index contributed by atoms with van der Waals surface area (Å²) in [7, 11) is 0. The summed E-state index contributed by atoms with van der Waals surface area (Å²) in [6, 6.07) is 6.56. The summed E-state index contributed by atoms with van der Waals surface area (Å²) in [5.74, 6) is 0.462. The van der Waals surface area contributed by atoms with Crippen molar-refractivity contribution in [1.82, 2.24) is 10.2 Å². The normalized spacial score (nSPS) is 23.2. The van der Waals surface area contributed by atoms with Crippen LogP contribution in [0.1, 0.15) is 18.9 Å². The van der Waals surface area contributed by atoms with Gasteiger partial charge in [0.15, 0.2) is 0 Å². The molecule has 1 aliphatic heterocycles. The summed E-state index contributed by atoms with van der Waals surface area (Å²) >= 11 is 0. The SMILES string of the molecule is CC1CCN(C(=O)NCc2ccc(O)cc2)CC1O. The monoisotopic (exact) mass is 264 g/mol. The quantitative estimate of drug-likeness (QED) is 0.754. The summed E-state index contributed by atoms with van der Waals surface area (Å²) in [6.45, 7) is 3.49. The fraction of sp³-hybridized carbons (Fsp3) is 0.500. The first-order chi connectivity index (χ1) is 9.06. The minimum Gasteiger partial charge on any atom is -0.508 e. The molecule has 0 aromatic heterocycles. The van der Waals surface area contributed by atoms with E-state index in [0.717, 1.165) is 12.0 Å². The van der Waals surface area contributed by atoms with Gasteiger partial charge in [-0.25, -0.2) is 4.79 Å². The van der Waals surface area contributed by atoms with Crippen LogP contribution in [0.5, 0.6) is 5.75 Å². The highest BCUT2D eigenvalue weighted by Gasteiger charge is 2.26. The van der Waals surface area contributed by atoms with Gasteiger partial charge in [0, 0.05) is 19.6 Å². The number of carbonyl (C=O) groups is 1. The van der Waals surface area contributed by atoms with E-state index in [1.54, 1.807) is 29.2 Å². The molecule has 1 fully saturated rings. The van der Waals surface area contributed by atoms with E-state index in [-0.39, 0.29) is 17.7 Å². The summed E-state index contributed by atoms with van der Waals surface area (Å²) in [5, 5.41) is 21.7. The maximum Gasteiger partial charge on any atom is 0.317 e. The Labute approximate surface area is 112 Å². The van der Waals surface area contributed by atoms with E-state index in [2.05, 4.69) is 5.32 Å². The average molecular weight is 264 g/mol. The molecule has 2 unspecified atom stereocenters. The molecular weight excluding hydrogens is 244 g/mol. The van der Waals surface area contributed by atoms with Gasteiger partial charge in [0.1, 0.15) is 5.75 Å². The predicted octanol–water partition coefficient (Wildman–Crippen LogP) is 1.30. The number of piperidine rings is 1. The van der Waals surface area contributed by atoms with E-state index >= 15 is 0 Å². The van der Waals surface area contributed by atoms with Crippen LogP contribution in [0, 0.1) is 5.92 Å². The molecule has 3 N–H and O–H groups in total. The van der Waals surface area contributed by atoms with Crippen molar-refractivity contribution in [2.24, 2.45) is 5.92 Å². The highest BCUT2D eigenvalue weighted by atomic mass is 16.3. The maximum atomic E-state index is 11.9. The third-order valence-corrected chi connectivity index (χ3v) is 3.59. The van der Waals surface area contributed by atoms with Crippen molar-refractivity contribution in [2.75, 3.05) is 13.1 Å². The second-order valence-corrected chi connectivity index (χ2v) is 5.10. The molecule has 2 atom stereocenters. The zero-order valence-electron chi connectivity index (χ0n) is 11.0. The number of carbonyl (C=O) groups excluding carboxylic acids is 1. The van der Waals surface area contributed by atoms with Crippen LogP contribution in [-0.2, 0) is 6.54 Å². The number of nitrogens with one attached hydrogen (secondary N) is 1. The van der Waals surface area contributed by atoms with Crippen molar-refractivity contribution < 1.29 is 15.0 Å². The molecule has 0 radical (unpaired) electrons. The Bertz CT molecular complexity index is 433. The largest absolute Gasteiger partial charge is 0.508 e. The topological polar surface area (TPSA) is 72.8 Å². The minimum atomic E-state index is -0.437. The molecule has 0 bridgehead atoms. The predicted molar refractivity (Wildman–Crippen MR) is 71.7 cm³/mol. The van der Waals surface area contributed by atoms with Crippen LogP contribution in [0.2, 0.25) is 0 Å². The molecule has 5 nitrogen and oxygen atoms in total. The van der Waals surface area contributed by atoms with E-state index in [0.29, 0.717) is 19.6 Å². The lowest BCUT2D eigenvalue weighted by Gasteiger charge is -2.34. The first-order valence-corrected chi connectivity index (χ1v) is 6.55. The van der Waals surface area contributed by atoms with Gasteiger partial charge in [-0.1, -0.05) is 19.1 Å². The minimum absolute atomic E-state index is 0.154. The molecule has 0 aliphatic carbocycles. The molecule has 1 saturated heterocycles. The van der Waals surface area contributed by atoms with Crippen LogP contribution in [0.4, 0.5) is 4.79 Å². The third kappa shape index (κ3) is 3.61. The lowest BCUT2D eigenvalue weighted by Crippen LogP contribution is -2.49. The van der Waals surface area contributed by atoms with Crippen LogP contribution in [0.15, 0.2) is 24.3 Å². The molecule has 0 spiro atoms. The van der Waals surface area contributed by atoms with Crippen LogP contribution < -0.4 is 5.32 Å². The van der Waals surface area contributed by atoms with Gasteiger partial charge < -0.3 is 20.4 Å². The lowest BCUT2D eigenvalue weighted by atomic mass is 9.96. The Morgan fingerprint density at radius 1 is 1.42 bits per heavy atom. The highest BCUT2D eigenvalue weighted by molar-refractivity contribution is 5.74. The van der Waals surface area contributed by atoms with Gasteiger partial charge in [-0.3, -0.25) is 0 Å². The third-order valence-electron chi connectivity index (χ3n) is 3.59. The zero-order valence-corrected chi connectivity index (χ0v) is 11.0. The number of hydrogen-bond acceptors (Lipinski definition) is 3. The maximum absolute atomic E-state index is 11.9. The molecule has 5 heteroatoms. The molecule has 0 saturated carbocycles. The van der Waals surface area contributed by atoms with Crippen molar-refractivity contribution in [3.63, 3.8) is 0 Å². The van der Waals surface area contributed by atoms with Crippen LogP contribution in [-0.4, -0.2) is 40.3 Å². The fourth-order valence-corrected chi connectivity index (χ4v) is 2.14. The van der Waals surface area contributed by atoms with E-state index in [1.165, 1.54) is 0 Å². The van der Waals surface area contributed by atoms with Gasteiger partial charge in [0.05, 0.1) is 6.10 Å². The summed E-state index contributed by atoms with van der Waals surface area (Å²) in [5.41, 5.74) is 0.928. The van der Waals surface area contributed by atoms with Crippen molar-refractivity contribution in [1.29, 1.82) is 0 Å². The molecule has 2 rings (SSSR count). The Morgan fingerprint density at radius 2 is 2.11 bits per heavy atom. The fourth-order valence-electron chi connectivity index (χ4n) is 2.14. The Balaban J connectivity index is 1.83. The van der Waals surface area contributed by atoms with Crippen LogP contribution >= 0.6 is 0 Å². The number of urea groups is 1. The number of likely N-dealkylation sites (tertiary alicyclic amines) is 1. The number of rotatable bonds is 2. The number of benzene rings is 1. The molecule has 104 valence electrons. The van der Waals surface area contributed by atoms with Gasteiger partial charge in [0.25, 0.3) is 0 Å². The molecule has 1 aromatic rings. The second-order valence-electron chi connectivity index (χ2n) is 5.10. The molecule has 19 heavy (non-hydrogen) atoms. The molecular formula is C14H20N2O3. The van der Waals surface area contributed by atoms with E-state index in [4.69, 9.17) is 5.11 Å². The van der Waals surface area contributed by atoms with E-state index < -0.39 is 6.10 Å². The summed E-state index contributed by atoms with van der Waals surface area (Å²) in [6.07, 6.45) is 0.390. The number of amides is 2. The number of phenolic OH excluding ortho intramolecular Hbond substituents is 1. The molecule has 1 heterocycles. The number of phenols is 1. The van der Waals surface area contributed by atoms with Crippen molar-refractivity contribution in [3.05, 3.63) is 29.8 Å². The van der Waals surface area contributed by atoms with Gasteiger partial charge in [-0.05, 0) is 30.0 Å². The second kappa shape index (κ2) is 5.93. The molecule has 1 aromatic carbocycles. The zero-order chi connectivity index (χ0) is 13.8. The van der Waals surface area contributed by atoms with E-state index in [9.17, 15) is 9.90 Å². The first kappa shape index (κ1) is 13.7. The smallest absolute Gasteiger partial charge is 0.317 e. The van der Waals surface area contributed by atoms with Gasteiger partial charge in [-0.2, -0.15) is 0 Å². The molecule has 1 aliphatic rings. The summed E-state index contributed by atoms with van der Waals surface area (Å²) in [4.78, 5) is 13.6. The molecule has 2 amide bonds. The van der Waals surface area contributed by atoms with Gasteiger partial charge >= 0.3 is 6.03 Å². The average Bonchev–Trinajstić information content (AvgIpc) is 2.41. The van der Waals surface area contributed by atoms with Gasteiger partial charge in [-0.15, -0.1) is 0 Å². The number of nitrogens with zero attached hydrogens (tertiary/aromatic N) is 1. The number of hydrogen-bond donors (Lipinski definition) is 3.